The first-order valence-electron chi connectivity index (χ1n) is 5.67. The molecule has 83 valence electrons. The number of aliphatic imine (C=N–C) groups is 1. The van der Waals surface area contributed by atoms with Crippen molar-refractivity contribution in [1.29, 1.82) is 0 Å². The molecule has 0 spiro atoms. The summed E-state index contributed by atoms with van der Waals surface area (Å²) >= 11 is 0. The van der Waals surface area contributed by atoms with E-state index in [4.69, 9.17) is 0 Å². The predicted molar refractivity (Wildman–Crippen MR) is 68.1 cm³/mol. The fraction of sp³-hybridized carbons (Fsp3) is 0.133. The lowest BCUT2D eigenvalue weighted by molar-refractivity contribution is 0.424. The number of rotatable bonds is 1. The van der Waals surface area contributed by atoms with E-state index in [9.17, 15) is 5.11 Å². The molecule has 0 aliphatic heterocycles. The molecule has 0 aromatic heterocycles. The van der Waals surface area contributed by atoms with Crippen molar-refractivity contribution < 1.29 is 5.11 Å². The van der Waals surface area contributed by atoms with Crippen LogP contribution in [-0.4, -0.2) is 5.90 Å². The standard InChI is InChI=1S/C15H12NO/c1-10(17)16-13-6-7-15-12(9-13)8-11-4-2-3-5-14(11)15/h2-7,9H,8H2,1H3. The van der Waals surface area contributed by atoms with Gasteiger partial charge in [0.2, 0.25) is 5.90 Å². The highest BCUT2D eigenvalue weighted by Crippen LogP contribution is 2.37. The summed E-state index contributed by atoms with van der Waals surface area (Å²) in [5.74, 6) is -0.152. The van der Waals surface area contributed by atoms with E-state index >= 15 is 0 Å². The molecule has 1 aliphatic carbocycles. The fourth-order valence-corrected chi connectivity index (χ4v) is 2.38. The highest BCUT2D eigenvalue weighted by atomic mass is 16.3. The Bertz CT molecular complexity index is 610. The van der Waals surface area contributed by atoms with Crippen LogP contribution in [0.5, 0.6) is 0 Å². The normalized spacial score (nSPS) is 13.4. The third-order valence-electron chi connectivity index (χ3n) is 3.06. The average molecular weight is 222 g/mol. The van der Waals surface area contributed by atoms with Gasteiger partial charge in [0, 0.05) is 6.92 Å². The highest BCUT2D eigenvalue weighted by molar-refractivity contribution is 5.80. The number of nitrogens with zero attached hydrogens (tertiary/aromatic N) is 1. The van der Waals surface area contributed by atoms with Gasteiger partial charge >= 0.3 is 0 Å². The lowest BCUT2D eigenvalue weighted by atomic mass is 10.1. The lowest BCUT2D eigenvalue weighted by Gasteiger charge is -2.01. The summed E-state index contributed by atoms with van der Waals surface area (Å²) < 4.78 is 0. The zero-order valence-corrected chi connectivity index (χ0v) is 9.60. The van der Waals surface area contributed by atoms with Gasteiger partial charge in [-0.15, -0.1) is 0 Å². The van der Waals surface area contributed by atoms with E-state index in [0.29, 0.717) is 0 Å². The molecule has 0 bridgehead atoms. The van der Waals surface area contributed by atoms with Gasteiger partial charge in [0.1, 0.15) is 0 Å². The smallest absolute Gasteiger partial charge is 0.243 e. The van der Waals surface area contributed by atoms with Crippen molar-refractivity contribution in [1.82, 2.24) is 0 Å². The third-order valence-corrected chi connectivity index (χ3v) is 3.06. The first-order chi connectivity index (χ1) is 8.24. The quantitative estimate of drug-likeness (QED) is 0.444. The minimum Gasteiger partial charge on any atom is -0.273 e. The summed E-state index contributed by atoms with van der Waals surface area (Å²) in [5, 5.41) is 11.0. The largest absolute Gasteiger partial charge is 0.273 e. The molecule has 17 heavy (non-hydrogen) atoms. The molecule has 0 heterocycles. The Labute approximate surface area is 100 Å². The molecular formula is C15H12NO. The second kappa shape index (κ2) is 3.74. The van der Waals surface area contributed by atoms with Crippen LogP contribution in [0.25, 0.3) is 11.1 Å². The Kier molecular flexibility index (Phi) is 2.22. The Hall–Kier alpha value is -2.09. The van der Waals surface area contributed by atoms with Crippen molar-refractivity contribution in [3.8, 4) is 11.1 Å². The van der Waals surface area contributed by atoms with Crippen molar-refractivity contribution >= 4 is 11.6 Å². The lowest BCUT2D eigenvalue weighted by Crippen LogP contribution is -1.83. The third kappa shape index (κ3) is 1.72. The second-order valence-electron chi connectivity index (χ2n) is 4.31. The molecule has 0 fully saturated rings. The summed E-state index contributed by atoms with van der Waals surface area (Å²) in [7, 11) is 0. The zero-order valence-electron chi connectivity index (χ0n) is 9.60. The van der Waals surface area contributed by atoms with Gasteiger partial charge < -0.3 is 0 Å². The van der Waals surface area contributed by atoms with Gasteiger partial charge in [0.05, 0.1) is 5.69 Å². The van der Waals surface area contributed by atoms with Crippen LogP contribution in [0.4, 0.5) is 5.69 Å². The van der Waals surface area contributed by atoms with Crippen LogP contribution in [-0.2, 0) is 11.5 Å². The summed E-state index contributed by atoms with van der Waals surface area (Å²) in [5.41, 5.74) is 5.93. The molecule has 1 aliphatic rings. The van der Waals surface area contributed by atoms with E-state index < -0.39 is 0 Å². The zero-order chi connectivity index (χ0) is 11.8. The van der Waals surface area contributed by atoms with Crippen LogP contribution in [0.3, 0.4) is 0 Å². The minimum absolute atomic E-state index is 0.152. The van der Waals surface area contributed by atoms with E-state index in [2.05, 4.69) is 35.3 Å². The average Bonchev–Trinajstić information content (AvgIpc) is 2.65. The molecule has 0 atom stereocenters. The Morgan fingerprint density at radius 3 is 2.65 bits per heavy atom. The highest BCUT2D eigenvalue weighted by Gasteiger charge is 2.17. The maximum absolute atomic E-state index is 11.0. The molecule has 2 heteroatoms. The summed E-state index contributed by atoms with van der Waals surface area (Å²) in [6.45, 7) is 1.47. The first kappa shape index (κ1) is 10.1. The van der Waals surface area contributed by atoms with Crippen molar-refractivity contribution in [2.24, 2.45) is 4.99 Å². The van der Waals surface area contributed by atoms with Gasteiger partial charge in [0.25, 0.3) is 0 Å². The molecular weight excluding hydrogens is 210 g/mol. The van der Waals surface area contributed by atoms with Gasteiger partial charge in [0.15, 0.2) is 0 Å². The van der Waals surface area contributed by atoms with Gasteiger partial charge in [-0.3, -0.25) is 5.11 Å². The Morgan fingerprint density at radius 1 is 1.06 bits per heavy atom. The maximum Gasteiger partial charge on any atom is 0.243 e. The Balaban J connectivity index is 2.10. The van der Waals surface area contributed by atoms with Crippen LogP contribution in [0.1, 0.15) is 18.1 Å². The van der Waals surface area contributed by atoms with Crippen LogP contribution in [0, 0.1) is 0 Å². The molecule has 2 nitrogen and oxygen atoms in total. The minimum atomic E-state index is -0.152. The van der Waals surface area contributed by atoms with Gasteiger partial charge in [-0.25, -0.2) is 4.99 Å². The SMILES string of the molecule is CC([O])=Nc1ccc2c(c1)Cc1ccccc1-2. The summed E-state index contributed by atoms with van der Waals surface area (Å²) in [4.78, 5) is 3.96. The van der Waals surface area contributed by atoms with Crippen molar-refractivity contribution in [2.75, 3.05) is 0 Å². The number of hydrogen-bond acceptors (Lipinski definition) is 1. The topological polar surface area (TPSA) is 32.3 Å². The second-order valence-corrected chi connectivity index (χ2v) is 4.31. The van der Waals surface area contributed by atoms with Gasteiger partial charge in [-0.1, -0.05) is 30.3 Å². The molecule has 0 unspecified atom stereocenters. The van der Waals surface area contributed by atoms with Crippen LogP contribution >= 0.6 is 0 Å². The molecule has 3 rings (SSSR count). The van der Waals surface area contributed by atoms with Gasteiger partial charge in [-0.05, 0) is 40.8 Å². The van der Waals surface area contributed by atoms with E-state index in [-0.39, 0.29) is 5.90 Å². The Morgan fingerprint density at radius 2 is 1.82 bits per heavy atom. The van der Waals surface area contributed by atoms with E-state index in [1.807, 2.05) is 12.1 Å². The van der Waals surface area contributed by atoms with Crippen molar-refractivity contribution in [3.05, 3.63) is 53.6 Å². The molecule has 2 aromatic carbocycles. The summed E-state index contributed by atoms with van der Waals surface area (Å²) in [6.07, 6.45) is 0.937. The maximum atomic E-state index is 11.0. The van der Waals surface area contributed by atoms with Crippen LogP contribution in [0.2, 0.25) is 0 Å². The van der Waals surface area contributed by atoms with E-state index in [1.165, 1.54) is 29.2 Å². The molecule has 0 N–H and O–H groups in total. The monoisotopic (exact) mass is 222 g/mol. The number of benzene rings is 2. The predicted octanol–water partition coefficient (Wildman–Crippen LogP) is 3.74. The van der Waals surface area contributed by atoms with Crippen LogP contribution < -0.4 is 0 Å². The van der Waals surface area contributed by atoms with E-state index in [0.717, 1.165) is 12.1 Å². The van der Waals surface area contributed by atoms with Gasteiger partial charge in [-0.2, -0.15) is 0 Å². The molecule has 1 radical (unpaired) electrons. The van der Waals surface area contributed by atoms with Crippen LogP contribution in [0.15, 0.2) is 47.5 Å². The number of fused-ring (bicyclic) bond motifs is 3. The van der Waals surface area contributed by atoms with E-state index in [1.54, 1.807) is 0 Å². The summed E-state index contributed by atoms with van der Waals surface area (Å²) in [6, 6.07) is 14.4. The van der Waals surface area contributed by atoms with Crippen molar-refractivity contribution in [3.63, 3.8) is 0 Å². The fourth-order valence-electron chi connectivity index (χ4n) is 2.38. The molecule has 0 amide bonds. The first-order valence-corrected chi connectivity index (χ1v) is 5.67. The van der Waals surface area contributed by atoms with Crippen molar-refractivity contribution in [2.45, 2.75) is 13.3 Å². The molecule has 0 saturated heterocycles. The molecule has 2 aromatic rings. The number of hydrogen-bond donors (Lipinski definition) is 0. The molecule has 0 saturated carbocycles.